The number of aryl methyl sites for hydroxylation is 1. The summed E-state index contributed by atoms with van der Waals surface area (Å²) < 4.78 is 2.52. The van der Waals surface area contributed by atoms with Crippen molar-refractivity contribution in [1.29, 1.82) is 0 Å². The molecule has 5 heteroatoms. The Morgan fingerprint density at radius 1 is 0.854 bits per heavy atom. The maximum absolute atomic E-state index is 11.7. The summed E-state index contributed by atoms with van der Waals surface area (Å²) in [5, 5.41) is 15.9. The number of benzene rings is 3. The standard InChI is InChI=1S/C30H25N2.C13H24O2.Ir/c1-17-19-11-7-6-10-18(19)16-21-26-24-22(14-15-31-26)29(2,3)30(4,5)25-20-12-8-9-13-23(20)32(27(17)21)28(24)25;1-5-10(6-2)12(14)9-13(15)11(7-3)8-4;/h6-15H,1-5H3;9-11,14H,5-8H2,1-4H3;/q-1;;/b;12-9-;. The summed E-state index contributed by atoms with van der Waals surface area (Å²) in [5.41, 5.74) is 8.95. The van der Waals surface area contributed by atoms with Crippen molar-refractivity contribution in [2.75, 3.05) is 0 Å². The Kier molecular flexibility index (Phi) is 9.99. The van der Waals surface area contributed by atoms with E-state index in [0.29, 0.717) is 0 Å². The van der Waals surface area contributed by atoms with Crippen LogP contribution in [0.3, 0.4) is 0 Å². The summed E-state index contributed by atoms with van der Waals surface area (Å²) in [7, 11) is 0. The molecular weight excluding hydrogens is 769 g/mol. The Balaban J connectivity index is 0.000000243. The maximum Gasteiger partial charge on any atom is 0.162 e. The van der Waals surface area contributed by atoms with Crippen molar-refractivity contribution in [1.82, 2.24) is 9.38 Å². The molecular formula is C43H49IrN2O2-. The quantitative estimate of drug-likeness (QED) is 0.0574. The number of fused-ring (bicyclic) bond motifs is 7. The third kappa shape index (κ3) is 5.29. The topological polar surface area (TPSA) is 54.6 Å². The van der Waals surface area contributed by atoms with Crippen molar-refractivity contribution in [2.24, 2.45) is 11.8 Å². The molecule has 0 spiro atoms. The third-order valence-electron chi connectivity index (χ3n) is 11.6. The molecule has 1 N–H and O–H groups in total. The molecule has 0 atom stereocenters. The van der Waals surface area contributed by atoms with Gasteiger partial charge in [0.2, 0.25) is 0 Å². The van der Waals surface area contributed by atoms with E-state index in [-0.39, 0.29) is 54.3 Å². The van der Waals surface area contributed by atoms with Gasteiger partial charge in [0.05, 0.1) is 5.76 Å². The summed E-state index contributed by atoms with van der Waals surface area (Å²) in [5.74, 6) is 0.547. The van der Waals surface area contributed by atoms with E-state index >= 15 is 0 Å². The third-order valence-corrected chi connectivity index (χ3v) is 11.6. The smallest absolute Gasteiger partial charge is 0.162 e. The second-order valence-corrected chi connectivity index (χ2v) is 14.4. The van der Waals surface area contributed by atoms with Crippen LogP contribution in [-0.4, -0.2) is 20.3 Å². The van der Waals surface area contributed by atoms with Gasteiger partial charge in [0.15, 0.2) is 5.78 Å². The number of aliphatic hydroxyl groups excluding tert-OH is 1. The molecule has 0 bridgehead atoms. The van der Waals surface area contributed by atoms with E-state index in [1.807, 2.05) is 33.9 Å². The Hall–Kier alpha value is -3.53. The Morgan fingerprint density at radius 2 is 1.46 bits per heavy atom. The van der Waals surface area contributed by atoms with Gasteiger partial charge in [0.1, 0.15) is 0 Å². The number of hydrogen-bond donors (Lipinski definition) is 1. The minimum atomic E-state index is -0.0369. The van der Waals surface area contributed by atoms with Crippen LogP contribution in [0.1, 0.15) is 97.8 Å². The maximum atomic E-state index is 11.7. The number of carbonyl (C=O) groups excluding carboxylic acids is 1. The number of rotatable bonds is 7. The summed E-state index contributed by atoms with van der Waals surface area (Å²) in [4.78, 5) is 16.7. The molecule has 0 unspecified atom stereocenters. The molecule has 3 heterocycles. The fourth-order valence-electron chi connectivity index (χ4n) is 8.06. The Morgan fingerprint density at radius 3 is 2.10 bits per heavy atom. The van der Waals surface area contributed by atoms with Gasteiger partial charge >= 0.3 is 0 Å². The Bertz CT molecular complexity index is 2200. The molecule has 1 radical (unpaired) electrons. The van der Waals surface area contributed by atoms with Crippen LogP contribution >= 0.6 is 0 Å². The molecule has 0 saturated heterocycles. The summed E-state index contributed by atoms with van der Waals surface area (Å²) in [6, 6.07) is 23.5. The molecule has 0 amide bonds. The van der Waals surface area contributed by atoms with Crippen LogP contribution in [0.4, 0.5) is 0 Å². The van der Waals surface area contributed by atoms with Gasteiger partial charge in [-0.2, -0.15) is 0 Å². The molecule has 1 aliphatic rings. The SMILES string of the molecule is CCC(CC)C(=O)/C=C(\O)C(CC)CC.Cc1c2ccccc2[c-]c2c3nccc4c3c3c(c5ccccc5n3c12)C(C)(C)C4(C)C.[Ir]. The van der Waals surface area contributed by atoms with Crippen molar-refractivity contribution < 1.29 is 30.0 Å². The minimum Gasteiger partial charge on any atom is -0.512 e. The summed E-state index contributed by atoms with van der Waals surface area (Å²) in [6.45, 7) is 19.9. The number of carbonyl (C=O) groups is 1. The summed E-state index contributed by atoms with van der Waals surface area (Å²) >= 11 is 0. The van der Waals surface area contributed by atoms with Crippen molar-refractivity contribution >= 4 is 54.8 Å². The van der Waals surface area contributed by atoms with Gasteiger partial charge in [-0.3, -0.25) is 9.78 Å². The van der Waals surface area contributed by atoms with E-state index in [4.69, 9.17) is 4.98 Å². The monoisotopic (exact) mass is 818 g/mol. The molecule has 0 fully saturated rings. The second kappa shape index (κ2) is 13.4. The zero-order chi connectivity index (χ0) is 33.8. The van der Waals surface area contributed by atoms with Crippen LogP contribution in [0, 0.1) is 24.8 Å². The number of pyridine rings is 2. The number of nitrogens with zero attached hydrogens (tertiary/aromatic N) is 2. The first-order valence-corrected chi connectivity index (χ1v) is 17.5. The van der Waals surface area contributed by atoms with Crippen LogP contribution in [-0.2, 0) is 35.7 Å². The number of aliphatic hydroxyl groups is 1. The van der Waals surface area contributed by atoms with Gasteiger partial charge in [0, 0.05) is 71.6 Å². The first kappa shape index (κ1) is 35.8. The van der Waals surface area contributed by atoms with Crippen molar-refractivity contribution in [3.63, 3.8) is 0 Å². The minimum absolute atomic E-state index is 0. The first-order valence-electron chi connectivity index (χ1n) is 17.5. The molecule has 48 heavy (non-hydrogen) atoms. The fraction of sp³-hybridized carbons (Fsp3) is 0.395. The van der Waals surface area contributed by atoms with Gasteiger partial charge < -0.3 is 9.51 Å². The van der Waals surface area contributed by atoms with Crippen molar-refractivity contribution in [3.05, 3.63) is 95.4 Å². The first-order chi connectivity index (χ1) is 22.4. The average Bonchev–Trinajstić information content (AvgIpc) is 3.41. The van der Waals surface area contributed by atoms with Crippen LogP contribution < -0.4 is 0 Å². The molecule has 3 aromatic heterocycles. The number of hydrogen-bond acceptors (Lipinski definition) is 3. The normalized spacial score (nSPS) is 15.1. The van der Waals surface area contributed by atoms with Crippen molar-refractivity contribution in [3.8, 4) is 0 Å². The van der Waals surface area contributed by atoms with Gasteiger partial charge in [-0.05, 0) is 65.3 Å². The zero-order valence-electron chi connectivity index (χ0n) is 29.9. The molecule has 3 aromatic carbocycles. The van der Waals surface area contributed by atoms with Crippen LogP contribution in [0.15, 0.2) is 72.6 Å². The predicted molar refractivity (Wildman–Crippen MR) is 199 cm³/mol. The van der Waals surface area contributed by atoms with E-state index in [0.717, 1.165) is 42.0 Å². The molecule has 253 valence electrons. The average molecular weight is 818 g/mol. The van der Waals surface area contributed by atoms with Crippen molar-refractivity contribution in [2.45, 2.75) is 98.8 Å². The van der Waals surface area contributed by atoms with E-state index in [9.17, 15) is 9.90 Å². The van der Waals surface area contributed by atoms with Crippen LogP contribution in [0.5, 0.6) is 0 Å². The van der Waals surface area contributed by atoms with Crippen LogP contribution in [0.2, 0.25) is 0 Å². The zero-order valence-corrected chi connectivity index (χ0v) is 32.3. The molecule has 0 saturated carbocycles. The van der Waals surface area contributed by atoms with Gasteiger partial charge in [-0.1, -0.05) is 115 Å². The number of ketones is 1. The summed E-state index contributed by atoms with van der Waals surface area (Å²) in [6.07, 6.45) is 6.90. The second-order valence-electron chi connectivity index (χ2n) is 14.4. The van der Waals surface area contributed by atoms with E-state index in [2.05, 4.69) is 99.7 Å². The Labute approximate surface area is 299 Å². The van der Waals surface area contributed by atoms with E-state index in [1.54, 1.807) is 0 Å². The fourth-order valence-corrected chi connectivity index (χ4v) is 8.06. The van der Waals surface area contributed by atoms with E-state index < -0.39 is 0 Å². The largest absolute Gasteiger partial charge is 0.512 e. The number of allylic oxidation sites excluding steroid dienone is 2. The van der Waals surface area contributed by atoms with Gasteiger partial charge in [0.25, 0.3) is 0 Å². The molecule has 7 rings (SSSR count). The van der Waals surface area contributed by atoms with Crippen LogP contribution in [0.25, 0.3) is 49.0 Å². The van der Waals surface area contributed by atoms with Gasteiger partial charge in [-0.15, -0.1) is 17.5 Å². The number of aromatic nitrogens is 2. The predicted octanol–water partition coefficient (Wildman–Crippen LogP) is 11.5. The molecule has 1 aliphatic carbocycles. The van der Waals surface area contributed by atoms with Gasteiger partial charge in [-0.25, -0.2) is 0 Å². The number of para-hydroxylation sites is 1. The molecule has 6 aromatic rings. The molecule has 0 aliphatic heterocycles. The van der Waals surface area contributed by atoms with E-state index in [1.165, 1.54) is 55.5 Å². The molecule has 4 nitrogen and oxygen atoms in total.